The molecule has 1 fully saturated rings. The summed E-state index contributed by atoms with van der Waals surface area (Å²) in [5.74, 6) is 0. The topological polar surface area (TPSA) is 15.3 Å². The summed E-state index contributed by atoms with van der Waals surface area (Å²) in [7, 11) is 0. The Labute approximate surface area is 131 Å². The maximum atomic E-state index is 6.01. The van der Waals surface area contributed by atoms with E-state index in [1.807, 2.05) is 12.1 Å². The van der Waals surface area contributed by atoms with Gasteiger partial charge in [0, 0.05) is 35.9 Å². The van der Waals surface area contributed by atoms with Crippen molar-refractivity contribution in [3.05, 3.63) is 65.2 Å². The smallest absolute Gasteiger partial charge is 0.0499 e. The van der Waals surface area contributed by atoms with Crippen molar-refractivity contribution in [2.45, 2.75) is 25.4 Å². The third-order valence-electron chi connectivity index (χ3n) is 4.25. The van der Waals surface area contributed by atoms with Gasteiger partial charge in [0.05, 0.1) is 0 Å². The molecule has 2 aromatic rings. The molecule has 2 atom stereocenters. The molecule has 1 aliphatic heterocycles. The van der Waals surface area contributed by atoms with Gasteiger partial charge in [0.25, 0.3) is 0 Å². The Balaban J connectivity index is 1.83. The minimum absolute atomic E-state index is 0.379. The van der Waals surface area contributed by atoms with E-state index in [4.69, 9.17) is 11.6 Å². The van der Waals surface area contributed by atoms with Crippen LogP contribution in [0.4, 0.5) is 5.69 Å². The van der Waals surface area contributed by atoms with Gasteiger partial charge in [-0.2, -0.15) is 0 Å². The van der Waals surface area contributed by atoms with Crippen molar-refractivity contribution in [2.75, 3.05) is 18.0 Å². The minimum atomic E-state index is 0.379. The van der Waals surface area contributed by atoms with Crippen LogP contribution in [0.3, 0.4) is 0 Å². The van der Waals surface area contributed by atoms with Crippen molar-refractivity contribution in [1.29, 1.82) is 0 Å². The first-order chi connectivity index (χ1) is 10.3. The van der Waals surface area contributed by atoms with E-state index in [1.54, 1.807) is 0 Å². The van der Waals surface area contributed by atoms with Gasteiger partial charge in [0.1, 0.15) is 0 Å². The number of hydrogen-bond donors (Lipinski definition) is 1. The summed E-state index contributed by atoms with van der Waals surface area (Å²) < 4.78 is 0. The number of piperazine rings is 1. The summed E-state index contributed by atoms with van der Waals surface area (Å²) in [5, 5.41) is 4.47. The quantitative estimate of drug-likeness (QED) is 0.910. The van der Waals surface area contributed by atoms with Gasteiger partial charge >= 0.3 is 0 Å². The molecule has 21 heavy (non-hydrogen) atoms. The summed E-state index contributed by atoms with van der Waals surface area (Å²) in [6.45, 7) is 4.25. The Morgan fingerprint density at radius 2 is 1.81 bits per heavy atom. The highest BCUT2D eigenvalue weighted by Crippen LogP contribution is 2.27. The third-order valence-corrected chi connectivity index (χ3v) is 4.50. The van der Waals surface area contributed by atoms with Crippen LogP contribution in [0.1, 0.15) is 24.9 Å². The molecule has 1 N–H and O–H groups in total. The fourth-order valence-corrected chi connectivity index (χ4v) is 3.15. The van der Waals surface area contributed by atoms with Crippen molar-refractivity contribution >= 4 is 17.3 Å². The first kappa shape index (κ1) is 14.4. The van der Waals surface area contributed by atoms with E-state index in [-0.39, 0.29) is 0 Å². The zero-order valence-corrected chi connectivity index (χ0v) is 13.1. The fourth-order valence-electron chi connectivity index (χ4n) is 3.02. The van der Waals surface area contributed by atoms with Gasteiger partial charge in [0.15, 0.2) is 0 Å². The van der Waals surface area contributed by atoms with Crippen LogP contribution in [0.5, 0.6) is 0 Å². The number of nitrogens with one attached hydrogen (secondary N) is 1. The molecule has 0 aliphatic carbocycles. The van der Waals surface area contributed by atoms with Crippen LogP contribution >= 0.6 is 11.6 Å². The molecule has 3 rings (SSSR count). The SMILES string of the molecule is CCC1CNC(c2ccccc2)CN1c1ccc(Cl)cc1. The molecule has 1 saturated heterocycles. The first-order valence-corrected chi connectivity index (χ1v) is 7.96. The van der Waals surface area contributed by atoms with Crippen LogP contribution in [0.25, 0.3) is 0 Å². The zero-order chi connectivity index (χ0) is 14.7. The highest BCUT2D eigenvalue weighted by Gasteiger charge is 2.27. The van der Waals surface area contributed by atoms with Crippen LogP contribution in [0, 0.1) is 0 Å². The second-order valence-corrected chi connectivity index (χ2v) is 6.00. The van der Waals surface area contributed by atoms with E-state index < -0.39 is 0 Å². The lowest BCUT2D eigenvalue weighted by Crippen LogP contribution is -2.52. The van der Waals surface area contributed by atoms with Gasteiger partial charge in [-0.1, -0.05) is 48.9 Å². The lowest BCUT2D eigenvalue weighted by molar-refractivity contribution is 0.393. The Morgan fingerprint density at radius 1 is 1.10 bits per heavy atom. The maximum Gasteiger partial charge on any atom is 0.0499 e. The molecule has 110 valence electrons. The maximum absolute atomic E-state index is 6.01. The van der Waals surface area contributed by atoms with E-state index in [0.29, 0.717) is 12.1 Å². The number of anilines is 1. The molecule has 0 amide bonds. The van der Waals surface area contributed by atoms with E-state index >= 15 is 0 Å². The van der Waals surface area contributed by atoms with Gasteiger partial charge in [-0.3, -0.25) is 0 Å². The third kappa shape index (κ3) is 3.22. The molecule has 0 spiro atoms. The van der Waals surface area contributed by atoms with Crippen LogP contribution < -0.4 is 10.2 Å². The van der Waals surface area contributed by atoms with Crippen molar-refractivity contribution in [3.63, 3.8) is 0 Å². The molecule has 2 nitrogen and oxygen atoms in total. The van der Waals surface area contributed by atoms with E-state index in [0.717, 1.165) is 24.5 Å². The van der Waals surface area contributed by atoms with Gasteiger partial charge in [-0.25, -0.2) is 0 Å². The Morgan fingerprint density at radius 3 is 2.48 bits per heavy atom. The lowest BCUT2D eigenvalue weighted by atomic mass is 10.00. The molecule has 0 aromatic heterocycles. The number of halogens is 1. The highest BCUT2D eigenvalue weighted by atomic mass is 35.5. The summed E-state index contributed by atoms with van der Waals surface area (Å²) in [5.41, 5.74) is 2.61. The molecular formula is C18H21ClN2. The van der Waals surface area contributed by atoms with Gasteiger partial charge in [0.2, 0.25) is 0 Å². The van der Waals surface area contributed by atoms with Crippen LogP contribution in [0.2, 0.25) is 5.02 Å². The molecule has 3 heteroatoms. The minimum Gasteiger partial charge on any atom is -0.365 e. The Hall–Kier alpha value is -1.51. The Bertz CT molecular complexity index is 568. The average Bonchev–Trinajstić information content (AvgIpc) is 2.56. The van der Waals surface area contributed by atoms with Crippen LogP contribution in [-0.2, 0) is 0 Å². The molecule has 0 saturated carbocycles. The van der Waals surface area contributed by atoms with Crippen LogP contribution in [-0.4, -0.2) is 19.1 Å². The molecule has 1 aliphatic rings. The highest BCUT2D eigenvalue weighted by molar-refractivity contribution is 6.30. The van der Waals surface area contributed by atoms with E-state index in [2.05, 4.69) is 59.6 Å². The normalized spacial score (nSPS) is 22.3. The monoisotopic (exact) mass is 300 g/mol. The lowest BCUT2D eigenvalue weighted by Gasteiger charge is -2.42. The Kier molecular flexibility index (Phi) is 4.47. The van der Waals surface area contributed by atoms with Crippen molar-refractivity contribution < 1.29 is 0 Å². The van der Waals surface area contributed by atoms with Gasteiger partial charge in [-0.05, 0) is 36.2 Å². The summed E-state index contributed by atoms with van der Waals surface area (Å²) >= 11 is 6.01. The van der Waals surface area contributed by atoms with Crippen LogP contribution in [0.15, 0.2) is 54.6 Å². The molecule has 0 bridgehead atoms. The predicted molar refractivity (Wildman–Crippen MR) is 90.1 cm³/mol. The summed E-state index contributed by atoms with van der Waals surface area (Å²) in [6, 6.07) is 19.8. The molecule has 0 radical (unpaired) electrons. The second kappa shape index (κ2) is 6.50. The number of hydrogen-bond acceptors (Lipinski definition) is 2. The van der Waals surface area contributed by atoms with Crippen molar-refractivity contribution in [1.82, 2.24) is 5.32 Å². The fraction of sp³-hybridized carbons (Fsp3) is 0.333. The van der Waals surface area contributed by atoms with Crippen molar-refractivity contribution in [2.24, 2.45) is 0 Å². The number of rotatable bonds is 3. The zero-order valence-electron chi connectivity index (χ0n) is 12.3. The predicted octanol–water partition coefficient (Wildman–Crippen LogP) is 4.27. The molecule has 2 unspecified atom stereocenters. The van der Waals surface area contributed by atoms with Gasteiger partial charge in [-0.15, -0.1) is 0 Å². The summed E-state index contributed by atoms with van der Waals surface area (Å²) in [4.78, 5) is 2.50. The first-order valence-electron chi connectivity index (χ1n) is 7.58. The number of benzene rings is 2. The molecular weight excluding hydrogens is 280 g/mol. The summed E-state index contributed by atoms with van der Waals surface area (Å²) in [6.07, 6.45) is 1.14. The standard InChI is InChI=1S/C18H21ClN2/c1-2-16-12-20-18(14-6-4-3-5-7-14)13-21(16)17-10-8-15(19)9-11-17/h3-11,16,18,20H,2,12-13H2,1H3. The van der Waals surface area contributed by atoms with Gasteiger partial charge < -0.3 is 10.2 Å². The largest absolute Gasteiger partial charge is 0.365 e. The molecule has 2 aromatic carbocycles. The number of nitrogens with zero attached hydrogens (tertiary/aromatic N) is 1. The second-order valence-electron chi connectivity index (χ2n) is 5.56. The van der Waals surface area contributed by atoms with E-state index in [1.165, 1.54) is 11.3 Å². The average molecular weight is 301 g/mol. The van der Waals surface area contributed by atoms with Crippen molar-refractivity contribution in [3.8, 4) is 0 Å². The van der Waals surface area contributed by atoms with E-state index in [9.17, 15) is 0 Å². The molecule has 1 heterocycles.